The summed E-state index contributed by atoms with van der Waals surface area (Å²) < 4.78 is 3.59. The number of aryl methyl sites for hydroxylation is 1. The summed E-state index contributed by atoms with van der Waals surface area (Å²) in [6, 6.07) is 11.7. The van der Waals surface area contributed by atoms with Crippen molar-refractivity contribution in [3.8, 4) is 0 Å². The molecule has 2 aromatic heterocycles. The van der Waals surface area contributed by atoms with Gasteiger partial charge in [0.2, 0.25) is 0 Å². The molecule has 28 heavy (non-hydrogen) atoms. The van der Waals surface area contributed by atoms with Crippen LogP contribution in [0.4, 0.5) is 0 Å². The summed E-state index contributed by atoms with van der Waals surface area (Å²) in [5.74, 6) is -0.0820. The van der Waals surface area contributed by atoms with Crippen molar-refractivity contribution >= 4 is 11.8 Å². The molecule has 1 N–H and O–H groups in total. The molecule has 0 bridgehead atoms. The molecular weight excluding hydrogens is 356 g/mol. The molecule has 0 fully saturated rings. The number of carbonyl (C=O) groups is 2. The number of aromatic nitrogens is 4. The number of carbonyl (C=O) groups excluding carboxylic acids is 2. The molecule has 144 valence electrons. The molecule has 0 spiro atoms. The van der Waals surface area contributed by atoms with Gasteiger partial charge in [-0.15, -0.1) is 0 Å². The maximum atomic E-state index is 12.7. The van der Waals surface area contributed by atoms with Crippen LogP contribution in [-0.2, 0) is 19.6 Å². The van der Waals surface area contributed by atoms with Crippen molar-refractivity contribution in [3.63, 3.8) is 0 Å². The number of amides is 2. The van der Waals surface area contributed by atoms with Gasteiger partial charge in [-0.3, -0.25) is 14.3 Å². The van der Waals surface area contributed by atoms with Crippen molar-refractivity contribution in [2.75, 3.05) is 13.1 Å². The van der Waals surface area contributed by atoms with Gasteiger partial charge in [-0.2, -0.15) is 5.10 Å². The summed E-state index contributed by atoms with van der Waals surface area (Å²) in [5, 5.41) is 6.98. The van der Waals surface area contributed by atoms with Crippen LogP contribution in [0, 0.1) is 0 Å². The fourth-order valence-electron chi connectivity index (χ4n) is 3.26. The van der Waals surface area contributed by atoms with Crippen molar-refractivity contribution in [2.45, 2.75) is 26.1 Å². The molecule has 0 unspecified atom stereocenters. The Labute approximate surface area is 162 Å². The highest BCUT2D eigenvalue weighted by molar-refractivity contribution is 5.96. The summed E-state index contributed by atoms with van der Waals surface area (Å²) in [6.07, 6.45) is 6.05. The maximum Gasteiger partial charge on any atom is 0.290 e. The normalized spacial score (nSPS) is 13.4. The Bertz CT molecular complexity index is 949. The Morgan fingerprint density at radius 3 is 2.79 bits per heavy atom. The number of imidazole rings is 1. The number of nitrogens with zero attached hydrogens (tertiary/aromatic N) is 5. The lowest BCUT2D eigenvalue weighted by Crippen LogP contribution is -2.39. The van der Waals surface area contributed by atoms with E-state index in [4.69, 9.17) is 0 Å². The van der Waals surface area contributed by atoms with E-state index in [2.05, 4.69) is 15.4 Å². The Morgan fingerprint density at radius 2 is 2.00 bits per heavy atom. The molecule has 0 saturated heterocycles. The summed E-state index contributed by atoms with van der Waals surface area (Å²) in [4.78, 5) is 31.2. The first-order valence-electron chi connectivity index (χ1n) is 9.37. The lowest BCUT2D eigenvalue weighted by molar-refractivity contribution is 0.0683. The molecule has 1 aliphatic heterocycles. The molecule has 0 atom stereocenters. The van der Waals surface area contributed by atoms with E-state index in [0.29, 0.717) is 32.0 Å². The van der Waals surface area contributed by atoms with Crippen LogP contribution in [-0.4, -0.2) is 49.1 Å². The summed E-state index contributed by atoms with van der Waals surface area (Å²) in [7, 11) is 0. The van der Waals surface area contributed by atoms with Gasteiger partial charge in [0.15, 0.2) is 5.82 Å². The number of benzene rings is 1. The van der Waals surface area contributed by atoms with Gasteiger partial charge in [0.25, 0.3) is 11.8 Å². The molecule has 0 radical (unpaired) electrons. The molecule has 4 rings (SSSR count). The van der Waals surface area contributed by atoms with E-state index >= 15 is 0 Å². The van der Waals surface area contributed by atoms with Crippen LogP contribution < -0.4 is 5.32 Å². The highest BCUT2D eigenvalue weighted by Gasteiger charge is 2.28. The lowest BCUT2D eigenvalue weighted by Gasteiger charge is -2.27. The topological polar surface area (TPSA) is 85.0 Å². The Balaban J connectivity index is 1.34. The standard InChI is InChI=1S/C20H22N6O2/c27-19(21-8-4-10-26-11-5-9-22-26)17-15-24-12-13-25(20(28)18(24)23-17)14-16-6-2-1-3-7-16/h1-3,5-7,9,11,15H,4,8,10,12-14H2,(H,21,27). The predicted molar refractivity (Wildman–Crippen MR) is 103 cm³/mol. The largest absolute Gasteiger partial charge is 0.351 e. The maximum absolute atomic E-state index is 12.7. The number of hydrogen-bond donors (Lipinski definition) is 1. The average Bonchev–Trinajstić information content (AvgIpc) is 3.38. The van der Waals surface area contributed by atoms with E-state index in [0.717, 1.165) is 18.5 Å². The number of nitrogens with one attached hydrogen (secondary N) is 1. The monoisotopic (exact) mass is 378 g/mol. The summed E-state index contributed by atoms with van der Waals surface area (Å²) >= 11 is 0. The van der Waals surface area contributed by atoms with Crippen LogP contribution >= 0.6 is 0 Å². The van der Waals surface area contributed by atoms with Crippen LogP contribution in [0.1, 0.15) is 33.1 Å². The van der Waals surface area contributed by atoms with Crippen molar-refractivity contribution in [3.05, 3.63) is 72.1 Å². The van der Waals surface area contributed by atoms with Gasteiger partial charge >= 0.3 is 0 Å². The number of hydrogen-bond acceptors (Lipinski definition) is 4. The first-order chi connectivity index (χ1) is 13.7. The van der Waals surface area contributed by atoms with Gasteiger partial charge in [0, 0.05) is 51.3 Å². The van der Waals surface area contributed by atoms with Crippen LogP contribution in [0.15, 0.2) is 55.0 Å². The first kappa shape index (κ1) is 18.0. The highest BCUT2D eigenvalue weighted by Crippen LogP contribution is 2.16. The van der Waals surface area contributed by atoms with Crippen molar-refractivity contribution in [1.29, 1.82) is 0 Å². The van der Waals surface area contributed by atoms with Gasteiger partial charge in [0.1, 0.15) is 5.69 Å². The predicted octanol–water partition coefficient (Wildman–Crippen LogP) is 1.56. The highest BCUT2D eigenvalue weighted by atomic mass is 16.2. The lowest BCUT2D eigenvalue weighted by atomic mass is 10.2. The minimum Gasteiger partial charge on any atom is -0.351 e. The fourth-order valence-corrected chi connectivity index (χ4v) is 3.26. The van der Waals surface area contributed by atoms with Crippen LogP contribution in [0.2, 0.25) is 0 Å². The molecule has 1 aromatic carbocycles. The Hall–Kier alpha value is -3.42. The van der Waals surface area contributed by atoms with Crippen LogP contribution in [0.5, 0.6) is 0 Å². The second-order valence-electron chi connectivity index (χ2n) is 6.73. The molecule has 3 heterocycles. The van der Waals surface area contributed by atoms with Gasteiger partial charge in [-0.1, -0.05) is 30.3 Å². The first-order valence-corrected chi connectivity index (χ1v) is 9.37. The molecule has 0 aliphatic carbocycles. The minimum absolute atomic E-state index is 0.146. The van der Waals surface area contributed by atoms with Gasteiger partial charge < -0.3 is 14.8 Å². The van der Waals surface area contributed by atoms with E-state index in [1.807, 2.05) is 47.3 Å². The zero-order valence-corrected chi connectivity index (χ0v) is 15.5. The zero-order chi connectivity index (χ0) is 19.3. The van der Waals surface area contributed by atoms with Crippen molar-refractivity contribution in [1.82, 2.24) is 29.5 Å². The molecule has 8 nitrogen and oxygen atoms in total. The average molecular weight is 378 g/mol. The minimum atomic E-state index is -0.259. The van der Waals surface area contributed by atoms with E-state index in [1.54, 1.807) is 21.9 Å². The third-order valence-corrected chi connectivity index (χ3v) is 4.72. The van der Waals surface area contributed by atoms with Gasteiger partial charge in [-0.05, 0) is 18.1 Å². The van der Waals surface area contributed by atoms with Crippen molar-refractivity contribution in [2.24, 2.45) is 0 Å². The number of rotatable bonds is 7. The summed E-state index contributed by atoms with van der Waals surface area (Å²) in [6.45, 7) is 3.03. The van der Waals surface area contributed by atoms with Crippen LogP contribution in [0.25, 0.3) is 0 Å². The second-order valence-corrected chi connectivity index (χ2v) is 6.73. The van der Waals surface area contributed by atoms with E-state index in [-0.39, 0.29) is 17.5 Å². The molecule has 8 heteroatoms. The van der Waals surface area contributed by atoms with E-state index in [9.17, 15) is 9.59 Å². The SMILES string of the molecule is O=C(NCCCn1cccn1)c1cn2c(n1)C(=O)N(Cc1ccccc1)CC2. The summed E-state index contributed by atoms with van der Waals surface area (Å²) in [5.41, 5.74) is 1.36. The zero-order valence-electron chi connectivity index (χ0n) is 15.5. The second kappa shape index (κ2) is 8.08. The molecule has 0 saturated carbocycles. The molecule has 3 aromatic rings. The fraction of sp³-hybridized carbons (Fsp3) is 0.300. The molecule has 2 amide bonds. The third kappa shape index (κ3) is 3.95. The quantitative estimate of drug-likeness (QED) is 0.632. The third-order valence-electron chi connectivity index (χ3n) is 4.72. The van der Waals surface area contributed by atoms with Gasteiger partial charge in [-0.25, -0.2) is 4.98 Å². The Morgan fingerprint density at radius 1 is 1.14 bits per heavy atom. The molecule has 1 aliphatic rings. The smallest absolute Gasteiger partial charge is 0.290 e. The van der Waals surface area contributed by atoms with Crippen LogP contribution in [0.3, 0.4) is 0 Å². The molecular formula is C20H22N6O2. The number of fused-ring (bicyclic) bond motifs is 1. The van der Waals surface area contributed by atoms with Gasteiger partial charge in [0.05, 0.1) is 0 Å². The van der Waals surface area contributed by atoms with E-state index < -0.39 is 0 Å². The Kier molecular flexibility index (Phi) is 5.18. The van der Waals surface area contributed by atoms with Crippen molar-refractivity contribution < 1.29 is 9.59 Å². The van der Waals surface area contributed by atoms with E-state index in [1.165, 1.54) is 0 Å².